The zero-order valence-electron chi connectivity index (χ0n) is 20.0. The lowest BCUT2D eigenvalue weighted by Crippen LogP contribution is -2.34. The van der Waals surface area contributed by atoms with Gasteiger partial charge in [0, 0.05) is 12.7 Å². The standard InChI is InChI=1S/C25H28BrF2NO5/c1-24(2)7-8-25(3,4)19-14(24)11-17(21(20(19)26)34-12-32-5)29-22(30)13-9-15(27)18(16(28)10-13)23(31)33-6/h9-11H,7-8,12H2,1-6H3,(H,29,30). The zero-order valence-corrected chi connectivity index (χ0v) is 21.6. The number of hydrogen-bond donors (Lipinski definition) is 1. The van der Waals surface area contributed by atoms with Crippen molar-refractivity contribution < 1.29 is 32.6 Å². The fourth-order valence-corrected chi connectivity index (χ4v) is 5.34. The first kappa shape index (κ1) is 26.1. The molecule has 0 unspecified atom stereocenters. The van der Waals surface area contributed by atoms with Gasteiger partial charge in [-0.1, -0.05) is 27.7 Å². The maximum atomic E-state index is 14.4. The number of fused-ring (bicyclic) bond motifs is 1. The van der Waals surface area contributed by atoms with Gasteiger partial charge in [0.15, 0.2) is 12.5 Å². The Morgan fingerprint density at radius 1 is 1.03 bits per heavy atom. The van der Waals surface area contributed by atoms with E-state index in [-0.39, 0.29) is 23.2 Å². The SMILES string of the molecule is COCOc1c(NC(=O)c2cc(F)c(C(=O)OC)c(F)c2)cc2c(c1Br)C(C)(C)CCC2(C)C. The predicted octanol–water partition coefficient (Wildman–Crippen LogP) is 6.10. The average Bonchev–Trinajstić information content (AvgIpc) is 2.75. The van der Waals surface area contributed by atoms with Crippen LogP contribution in [-0.2, 0) is 20.3 Å². The minimum absolute atomic E-state index is 0.0683. The topological polar surface area (TPSA) is 73.9 Å². The summed E-state index contributed by atoms with van der Waals surface area (Å²) in [5, 5.41) is 2.71. The van der Waals surface area contributed by atoms with Crippen LogP contribution >= 0.6 is 15.9 Å². The van der Waals surface area contributed by atoms with E-state index in [1.54, 1.807) is 0 Å². The highest BCUT2D eigenvalue weighted by molar-refractivity contribution is 9.10. The number of carbonyl (C=O) groups excluding carboxylic acids is 2. The Hall–Kier alpha value is -2.52. The molecule has 0 spiro atoms. The molecule has 1 aliphatic carbocycles. The number of halogens is 3. The van der Waals surface area contributed by atoms with Crippen LogP contribution < -0.4 is 10.1 Å². The van der Waals surface area contributed by atoms with Gasteiger partial charge < -0.3 is 19.5 Å². The zero-order chi connectivity index (χ0) is 25.4. The Kier molecular flexibility index (Phi) is 7.38. The summed E-state index contributed by atoms with van der Waals surface area (Å²) in [7, 11) is 2.49. The molecule has 0 bridgehead atoms. The molecule has 2 aromatic rings. The van der Waals surface area contributed by atoms with Crippen LogP contribution in [0.4, 0.5) is 14.5 Å². The fraction of sp³-hybridized carbons (Fsp3) is 0.440. The van der Waals surface area contributed by atoms with Gasteiger partial charge in [-0.25, -0.2) is 13.6 Å². The van der Waals surface area contributed by atoms with Crippen molar-refractivity contribution in [3.63, 3.8) is 0 Å². The van der Waals surface area contributed by atoms with Crippen molar-refractivity contribution >= 4 is 33.5 Å². The Labute approximate surface area is 206 Å². The van der Waals surface area contributed by atoms with Crippen molar-refractivity contribution in [3.8, 4) is 5.75 Å². The molecule has 2 aromatic carbocycles. The van der Waals surface area contributed by atoms with E-state index in [0.29, 0.717) is 15.9 Å². The number of amides is 1. The summed E-state index contributed by atoms with van der Waals surface area (Å²) >= 11 is 3.67. The molecule has 184 valence electrons. The molecule has 0 radical (unpaired) electrons. The van der Waals surface area contributed by atoms with E-state index in [4.69, 9.17) is 9.47 Å². The average molecular weight is 540 g/mol. The summed E-state index contributed by atoms with van der Waals surface area (Å²) in [6, 6.07) is 3.43. The highest BCUT2D eigenvalue weighted by Crippen LogP contribution is 2.53. The third-order valence-corrected chi connectivity index (χ3v) is 7.02. The molecule has 1 aliphatic rings. The molecule has 34 heavy (non-hydrogen) atoms. The quantitative estimate of drug-likeness (QED) is 0.354. The number of methoxy groups -OCH3 is 2. The molecule has 0 aromatic heterocycles. The van der Waals surface area contributed by atoms with E-state index in [9.17, 15) is 18.4 Å². The lowest BCUT2D eigenvalue weighted by atomic mass is 9.63. The number of esters is 1. The fourth-order valence-electron chi connectivity index (χ4n) is 4.26. The molecule has 6 nitrogen and oxygen atoms in total. The second-order valence-electron chi connectivity index (χ2n) is 9.57. The Bertz CT molecular complexity index is 1120. The summed E-state index contributed by atoms with van der Waals surface area (Å²) in [4.78, 5) is 24.6. The van der Waals surface area contributed by atoms with E-state index in [0.717, 1.165) is 43.2 Å². The number of ether oxygens (including phenoxy) is 3. The first-order chi connectivity index (χ1) is 15.8. The number of carbonyl (C=O) groups is 2. The van der Waals surface area contributed by atoms with Crippen LogP contribution in [0.2, 0.25) is 0 Å². The Morgan fingerprint density at radius 2 is 1.62 bits per heavy atom. The molecular weight excluding hydrogens is 512 g/mol. The monoisotopic (exact) mass is 539 g/mol. The second-order valence-corrected chi connectivity index (χ2v) is 10.4. The van der Waals surface area contributed by atoms with Crippen LogP contribution in [-0.4, -0.2) is 32.9 Å². The molecule has 1 amide bonds. The van der Waals surface area contributed by atoms with Crippen molar-refractivity contribution in [2.24, 2.45) is 0 Å². The molecule has 0 fully saturated rings. The molecular formula is C25H28BrF2NO5. The van der Waals surface area contributed by atoms with Crippen molar-refractivity contribution in [1.82, 2.24) is 0 Å². The van der Waals surface area contributed by atoms with Gasteiger partial charge >= 0.3 is 5.97 Å². The van der Waals surface area contributed by atoms with Crippen molar-refractivity contribution in [3.05, 3.63) is 56.6 Å². The number of rotatable bonds is 6. The van der Waals surface area contributed by atoms with Crippen LogP contribution in [0.5, 0.6) is 5.75 Å². The molecule has 9 heteroatoms. The molecule has 0 heterocycles. The smallest absolute Gasteiger partial charge is 0.343 e. The van der Waals surface area contributed by atoms with E-state index >= 15 is 0 Å². The van der Waals surface area contributed by atoms with Gasteiger partial charge in [0.25, 0.3) is 5.91 Å². The summed E-state index contributed by atoms with van der Waals surface area (Å²) in [6.07, 6.45) is 1.91. The van der Waals surface area contributed by atoms with Gasteiger partial charge in [-0.2, -0.15) is 0 Å². The van der Waals surface area contributed by atoms with Gasteiger partial charge in [0.05, 0.1) is 17.3 Å². The van der Waals surface area contributed by atoms with E-state index in [1.165, 1.54) is 7.11 Å². The van der Waals surface area contributed by atoms with Gasteiger partial charge in [-0.15, -0.1) is 0 Å². The Morgan fingerprint density at radius 3 is 2.18 bits per heavy atom. The second kappa shape index (κ2) is 9.62. The molecule has 0 atom stereocenters. The van der Waals surface area contributed by atoms with Crippen molar-refractivity contribution in [2.75, 3.05) is 26.3 Å². The largest absolute Gasteiger partial charge is 0.465 e. The molecule has 0 saturated heterocycles. The van der Waals surface area contributed by atoms with Gasteiger partial charge in [-0.05, 0) is 68.9 Å². The maximum Gasteiger partial charge on any atom is 0.343 e. The lowest BCUT2D eigenvalue weighted by Gasteiger charge is -2.43. The minimum atomic E-state index is -1.19. The summed E-state index contributed by atoms with van der Waals surface area (Å²) in [5.41, 5.74) is 0.968. The Balaban J connectivity index is 2.10. The number of hydrogen-bond acceptors (Lipinski definition) is 5. The number of benzene rings is 2. The summed E-state index contributed by atoms with van der Waals surface area (Å²) in [5.74, 6) is -3.96. The lowest BCUT2D eigenvalue weighted by molar-refractivity contribution is 0.0507. The van der Waals surface area contributed by atoms with Gasteiger partial charge in [0.1, 0.15) is 17.2 Å². The van der Waals surface area contributed by atoms with Crippen LogP contribution in [0.1, 0.15) is 72.4 Å². The first-order valence-electron chi connectivity index (χ1n) is 10.7. The van der Waals surface area contributed by atoms with Gasteiger partial charge in [-0.3, -0.25) is 4.79 Å². The molecule has 1 N–H and O–H groups in total. The molecule has 0 aliphatic heterocycles. The predicted molar refractivity (Wildman–Crippen MR) is 128 cm³/mol. The van der Waals surface area contributed by atoms with E-state index < -0.39 is 29.1 Å². The normalized spacial score (nSPS) is 15.9. The summed E-state index contributed by atoms with van der Waals surface area (Å²) in [6.45, 7) is 8.49. The van der Waals surface area contributed by atoms with Crippen molar-refractivity contribution in [1.29, 1.82) is 0 Å². The number of anilines is 1. The van der Waals surface area contributed by atoms with Crippen LogP contribution in [0.3, 0.4) is 0 Å². The third-order valence-electron chi connectivity index (χ3n) is 6.27. The highest BCUT2D eigenvalue weighted by atomic mass is 79.9. The van der Waals surface area contributed by atoms with Crippen molar-refractivity contribution in [2.45, 2.75) is 51.4 Å². The van der Waals surface area contributed by atoms with Crippen LogP contribution in [0, 0.1) is 11.6 Å². The van der Waals surface area contributed by atoms with E-state index in [2.05, 4.69) is 53.7 Å². The molecule has 0 saturated carbocycles. The third kappa shape index (κ3) is 4.81. The van der Waals surface area contributed by atoms with Gasteiger partial charge in [0.2, 0.25) is 0 Å². The van der Waals surface area contributed by atoms with Crippen LogP contribution in [0.25, 0.3) is 0 Å². The van der Waals surface area contributed by atoms with Crippen LogP contribution in [0.15, 0.2) is 22.7 Å². The summed E-state index contributed by atoms with van der Waals surface area (Å²) < 4.78 is 44.7. The first-order valence-corrected chi connectivity index (χ1v) is 11.5. The minimum Gasteiger partial charge on any atom is -0.465 e. The number of nitrogens with one attached hydrogen (secondary N) is 1. The highest BCUT2D eigenvalue weighted by Gasteiger charge is 2.40. The van der Waals surface area contributed by atoms with E-state index in [1.807, 2.05) is 6.07 Å². The maximum absolute atomic E-state index is 14.4. The molecule has 3 rings (SSSR count).